The minimum absolute atomic E-state index is 0.0460. The Bertz CT molecular complexity index is 898. The van der Waals surface area contributed by atoms with Gasteiger partial charge < -0.3 is 19.5 Å². The van der Waals surface area contributed by atoms with Crippen molar-refractivity contribution in [2.45, 2.75) is 59.5 Å². The lowest BCUT2D eigenvalue weighted by Gasteiger charge is -2.33. The van der Waals surface area contributed by atoms with E-state index in [2.05, 4.69) is 30.4 Å². The van der Waals surface area contributed by atoms with Crippen LogP contribution in [0.25, 0.3) is 0 Å². The number of anilines is 1. The van der Waals surface area contributed by atoms with Crippen molar-refractivity contribution in [3.05, 3.63) is 41.2 Å². The number of amides is 2. The molecule has 2 amide bonds. The molecule has 1 atom stereocenters. The van der Waals surface area contributed by atoms with Crippen LogP contribution < -0.4 is 10.1 Å². The van der Waals surface area contributed by atoms with Crippen LogP contribution in [-0.4, -0.2) is 41.1 Å². The Morgan fingerprint density at radius 1 is 1.17 bits per heavy atom. The number of benzene rings is 1. The van der Waals surface area contributed by atoms with Crippen molar-refractivity contribution in [1.82, 2.24) is 10.1 Å². The van der Waals surface area contributed by atoms with Gasteiger partial charge in [-0.1, -0.05) is 31.1 Å². The van der Waals surface area contributed by atoms with Crippen molar-refractivity contribution in [2.24, 2.45) is 5.92 Å². The monoisotopic (exact) mass is 413 g/mol. The van der Waals surface area contributed by atoms with Crippen molar-refractivity contribution in [3.8, 4) is 5.75 Å². The summed E-state index contributed by atoms with van der Waals surface area (Å²) in [5.74, 6) is 1.94. The van der Waals surface area contributed by atoms with Gasteiger partial charge in [0.1, 0.15) is 11.5 Å². The first kappa shape index (κ1) is 21.9. The van der Waals surface area contributed by atoms with E-state index in [1.807, 2.05) is 19.1 Å². The first-order valence-corrected chi connectivity index (χ1v) is 10.5. The van der Waals surface area contributed by atoms with Crippen LogP contribution in [0.1, 0.15) is 56.4 Å². The fraction of sp³-hybridized carbons (Fsp3) is 0.522. The van der Waals surface area contributed by atoms with Crippen molar-refractivity contribution >= 4 is 17.6 Å². The van der Waals surface area contributed by atoms with Gasteiger partial charge in [0, 0.05) is 25.1 Å². The van der Waals surface area contributed by atoms with Crippen molar-refractivity contribution in [3.63, 3.8) is 0 Å². The lowest BCUT2D eigenvalue weighted by molar-refractivity contribution is -0.140. The van der Waals surface area contributed by atoms with Crippen LogP contribution in [0.5, 0.6) is 5.75 Å². The fourth-order valence-corrected chi connectivity index (χ4v) is 3.62. The summed E-state index contributed by atoms with van der Waals surface area (Å²) in [6.45, 7) is 10.9. The summed E-state index contributed by atoms with van der Waals surface area (Å²) in [6, 6.07) is 7.83. The lowest BCUT2D eigenvalue weighted by atomic mass is 9.95. The first-order valence-electron chi connectivity index (χ1n) is 10.5. The molecule has 7 heteroatoms. The topological polar surface area (TPSA) is 84.7 Å². The Morgan fingerprint density at radius 3 is 2.47 bits per heavy atom. The largest absolute Gasteiger partial charge is 0.481 e. The van der Waals surface area contributed by atoms with E-state index in [0.717, 1.165) is 11.3 Å². The molecule has 1 saturated heterocycles. The maximum Gasteiger partial charge on any atom is 0.263 e. The second-order valence-corrected chi connectivity index (χ2v) is 8.35. The van der Waals surface area contributed by atoms with Crippen LogP contribution in [0.15, 0.2) is 28.8 Å². The van der Waals surface area contributed by atoms with E-state index >= 15 is 0 Å². The third-order valence-corrected chi connectivity index (χ3v) is 5.59. The molecule has 3 rings (SSSR count). The molecule has 2 aromatic rings. The SMILES string of the molecule is Cc1cc(NC(=O)C2CCN(C(=O)C(C)Oc3cc(C(C)C)ccc3C)CC2)no1. The number of carbonyl (C=O) groups is 2. The summed E-state index contributed by atoms with van der Waals surface area (Å²) in [6.07, 6.45) is 0.654. The fourth-order valence-electron chi connectivity index (χ4n) is 3.62. The average Bonchev–Trinajstić information content (AvgIpc) is 3.13. The van der Waals surface area contributed by atoms with Gasteiger partial charge in [0.15, 0.2) is 11.9 Å². The van der Waals surface area contributed by atoms with Gasteiger partial charge in [0.05, 0.1) is 0 Å². The first-order chi connectivity index (χ1) is 14.2. The van der Waals surface area contributed by atoms with Gasteiger partial charge in [-0.3, -0.25) is 9.59 Å². The molecule has 0 radical (unpaired) electrons. The highest BCUT2D eigenvalue weighted by Crippen LogP contribution is 2.26. The zero-order valence-corrected chi connectivity index (χ0v) is 18.4. The highest BCUT2D eigenvalue weighted by atomic mass is 16.5. The molecular weight excluding hydrogens is 382 g/mol. The summed E-state index contributed by atoms with van der Waals surface area (Å²) < 4.78 is 11.0. The molecule has 7 nitrogen and oxygen atoms in total. The van der Waals surface area contributed by atoms with Crippen LogP contribution in [0.3, 0.4) is 0 Å². The second-order valence-electron chi connectivity index (χ2n) is 8.35. The van der Waals surface area contributed by atoms with E-state index in [-0.39, 0.29) is 17.7 Å². The van der Waals surface area contributed by atoms with E-state index in [0.29, 0.717) is 43.4 Å². The molecule has 1 aliphatic heterocycles. The third kappa shape index (κ3) is 5.20. The van der Waals surface area contributed by atoms with Crippen molar-refractivity contribution < 1.29 is 18.8 Å². The second kappa shape index (κ2) is 9.32. The summed E-state index contributed by atoms with van der Waals surface area (Å²) in [4.78, 5) is 27.1. The number of nitrogens with one attached hydrogen (secondary N) is 1. The Balaban J connectivity index is 1.53. The van der Waals surface area contributed by atoms with Crippen molar-refractivity contribution in [2.75, 3.05) is 18.4 Å². The molecular formula is C23H31N3O4. The maximum atomic E-state index is 12.9. The van der Waals surface area contributed by atoms with Gasteiger partial charge in [-0.05, 0) is 56.7 Å². The van der Waals surface area contributed by atoms with E-state index in [4.69, 9.17) is 9.26 Å². The van der Waals surface area contributed by atoms with Crippen LogP contribution in [0.4, 0.5) is 5.82 Å². The Kier molecular flexibility index (Phi) is 6.80. The number of hydrogen-bond acceptors (Lipinski definition) is 5. The molecule has 30 heavy (non-hydrogen) atoms. The molecule has 2 heterocycles. The molecule has 162 valence electrons. The molecule has 0 saturated carbocycles. The molecule has 1 aromatic carbocycles. The van der Waals surface area contributed by atoms with Gasteiger partial charge in [0.2, 0.25) is 5.91 Å². The van der Waals surface area contributed by atoms with Crippen LogP contribution in [0, 0.1) is 19.8 Å². The number of aryl methyl sites for hydroxylation is 2. The highest BCUT2D eigenvalue weighted by molar-refractivity contribution is 5.92. The van der Waals surface area contributed by atoms with E-state index in [1.54, 1.807) is 24.8 Å². The van der Waals surface area contributed by atoms with Gasteiger partial charge in [-0.15, -0.1) is 0 Å². The van der Waals surface area contributed by atoms with E-state index < -0.39 is 6.10 Å². The number of aromatic nitrogens is 1. The molecule has 0 bridgehead atoms. The minimum atomic E-state index is -0.574. The third-order valence-electron chi connectivity index (χ3n) is 5.59. The number of hydrogen-bond donors (Lipinski definition) is 1. The molecule has 1 unspecified atom stereocenters. The summed E-state index contributed by atoms with van der Waals surface area (Å²) >= 11 is 0. The average molecular weight is 414 g/mol. The van der Waals surface area contributed by atoms with Crippen LogP contribution in [0.2, 0.25) is 0 Å². The smallest absolute Gasteiger partial charge is 0.263 e. The van der Waals surface area contributed by atoms with E-state index in [9.17, 15) is 9.59 Å². The Labute approximate surface area is 177 Å². The summed E-state index contributed by atoms with van der Waals surface area (Å²) in [5.41, 5.74) is 2.20. The zero-order valence-electron chi connectivity index (χ0n) is 18.4. The number of piperidine rings is 1. The predicted molar refractivity (Wildman–Crippen MR) is 115 cm³/mol. The number of ether oxygens (including phenoxy) is 1. The minimum Gasteiger partial charge on any atom is -0.481 e. The Hall–Kier alpha value is -2.83. The predicted octanol–water partition coefficient (Wildman–Crippen LogP) is 4.06. The molecule has 0 aliphatic carbocycles. The summed E-state index contributed by atoms with van der Waals surface area (Å²) in [5, 5.41) is 6.57. The Morgan fingerprint density at radius 2 is 1.87 bits per heavy atom. The molecule has 1 aromatic heterocycles. The maximum absolute atomic E-state index is 12.9. The van der Waals surface area contributed by atoms with Gasteiger partial charge >= 0.3 is 0 Å². The quantitative estimate of drug-likeness (QED) is 0.772. The van der Waals surface area contributed by atoms with Crippen LogP contribution >= 0.6 is 0 Å². The molecule has 0 spiro atoms. The van der Waals surface area contributed by atoms with Gasteiger partial charge in [-0.2, -0.15) is 0 Å². The standard InChI is InChI=1S/C23H31N3O4/c1-14(2)19-7-6-15(3)20(13-19)29-17(5)23(28)26-10-8-18(9-11-26)22(27)24-21-12-16(4)30-25-21/h6-7,12-14,17-18H,8-11H2,1-5H3,(H,24,25,27). The molecule has 1 fully saturated rings. The highest BCUT2D eigenvalue weighted by Gasteiger charge is 2.30. The van der Waals surface area contributed by atoms with Crippen LogP contribution in [-0.2, 0) is 9.59 Å². The molecule has 1 N–H and O–H groups in total. The number of nitrogens with zero attached hydrogens (tertiary/aromatic N) is 2. The number of likely N-dealkylation sites (tertiary alicyclic amines) is 1. The summed E-state index contributed by atoms with van der Waals surface area (Å²) in [7, 11) is 0. The van der Waals surface area contributed by atoms with E-state index in [1.165, 1.54) is 5.56 Å². The van der Waals surface area contributed by atoms with Gasteiger partial charge in [0.25, 0.3) is 5.91 Å². The normalized spacial score (nSPS) is 15.9. The number of rotatable bonds is 6. The molecule has 1 aliphatic rings. The lowest BCUT2D eigenvalue weighted by Crippen LogP contribution is -2.46. The van der Waals surface area contributed by atoms with Crippen molar-refractivity contribution in [1.29, 1.82) is 0 Å². The number of carbonyl (C=O) groups excluding carboxylic acids is 2. The van der Waals surface area contributed by atoms with Gasteiger partial charge in [-0.25, -0.2) is 0 Å². The zero-order chi connectivity index (χ0) is 21.8.